The molecule has 0 atom stereocenters. The van der Waals surface area contributed by atoms with Crippen molar-refractivity contribution < 1.29 is 9.47 Å². The largest absolute Gasteiger partial charge is 0.497 e. The van der Waals surface area contributed by atoms with Crippen molar-refractivity contribution >= 4 is 5.71 Å². The highest BCUT2D eigenvalue weighted by molar-refractivity contribution is 5.89. The second-order valence-corrected chi connectivity index (χ2v) is 6.10. The Labute approximate surface area is 138 Å². The van der Waals surface area contributed by atoms with Crippen LogP contribution < -0.4 is 14.8 Å². The van der Waals surface area contributed by atoms with Gasteiger partial charge in [-0.25, -0.2) is 0 Å². The molecule has 1 aromatic rings. The Morgan fingerprint density at radius 2 is 2.09 bits per heavy atom. The Hall–Kier alpha value is -2.01. The Bertz CT molecular complexity index is 563. The van der Waals surface area contributed by atoms with Crippen LogP contribution in [0.3, 0.4) is 0 Å². The first kappa shape index (κ1) is 15.9. The normalized spacial score (nSPS) is 19.1. The smallest absolute Gasteiger partial charge is 0.122 e. The van der Waals surface area contributed by atoms with Crippen LogP contribution in [0.2, 0.25) is 0 Å². The predicted molar refractivity (Wildman–Crippen MR) is 92.2 cm³/mol. The van der Waals surface area contributed by atoms with E-state index in [2.05, 4.69) is 15.2 Å². The van der Waals surface area contributed by atoms with E-state index in [0.29, 0.717) is 5.92 Å². The molecule has 23 heavy (non-hydrogen) atoms. The molecule has 5 heteroatoms. The first-order valence-corrected chi connectivity index (χ1v) is 8.26. The van der Waals surface area contributed by atoms with Crippen LogP contribution in [0.25, 0.3) is 0 Å². The van der Waals surface area contributed by atoms with E-state index in [0.717, 1.165) is 44.3 Å². The highest BCUT2D eigenvalue weighted by Gasteiger charge is 2.20. The minimum Gasteiger partial charge on any atom is -0.497 e. The lowest BCUT2D eigenvalue weighted by molar-refractivity contribution is 0.152. The molecule has 0 amide bonds. The molecule has 0 aliphatic carbocycles. The average Bonchev–Trinajstić information content (AvgIpc) is 2.62. The lowest BCUT2D eigenvalue weighted by Gasteiger charge is -2.32. The Morgan fingerprint density at radius 3 is 2.83 bits per heavy atom. The highest BCUT2D eigenvalue weighted by Crippen LogP contribution is 2.22. The molecule has 124 valence electrons. The Balaban J connectivity index is 1.40. The fourth-order valence-corrected chi connectivity index (χ4v) is 2.99. The van der Waals surface area contributed by atoms with Crippen LogP contribution in [0, 0.1) is 5.92 Å². The summed E-state index contributed by atoms with van der Waals surface area (Å²) in [6.07, 6.45) is 6.10. The Kier molecular flexibility index (Phi) is 5.53. The molecule has 5 nitrogen and oxygen atoms in total. The highest BCUT2D eigenvalue weighted by atomic mass is 16.5. The molecule has 1 N–H and O–H groups in total. The van der Waals surface area contributed by atoms with E-state index in [1.54, 1.807) is 7.11 Å². The second kappa shape index (κ2) is 8.02. The summed E-state index contributed by atoms with van der Waals surface area (Å²) in [6.45, 7) is 4.87. The van der Waals surface area contributed by atoms with E-state index < -0.39 is 0 Å². The van der Waals surface area contributed by atoms with E-state index in [1.807, 2.05) is 36.7 Å². The minimum atomic E-state index is 0.628. The molecular weight excluding hydrogens is 290 g/mol. The van der Waals surface area contributed by atoms with Crippen molar-refractivity contribution in [3.8, 4) is 11.5 Å². The maximum Gasteiger partial charge on any atom is 0.122 e. The molecule has 2 aliphatic heterocycles. The van der Waals surface area contributed by atoms with Gasteiger partial charge in [0.2, 0.25) is 0 Å². The molecule has 0 aromatic heterocycles. The van der Waals surface area contributed by atoms with Crippen LogP contribution in [-0.2, 0) is 0 Å². The topological polar surface area (TPSA) is 46.1 Å². The molecule has 1 fully saturated rings. The lowest BCUT2D eigenvalue weighted by atomic mass is 9.97. The van der Waals surface area contributed by atoms with Crippen LogP contribution in [0.4, 0.5) is 0 Å². The average molecular weight is 315 g/mol. The van der Waals surface area contributed by atoms with Crippen LogP contribution in [0.5, 0.6) is 11.5 Å². The van der Waals surface area contributed by atoms with E-state index in [9.17, 15) is 0 Å². The number of hydrogen-bond donors (Lipinski definition) is 1. The zero-order valence-electron chi connectivity index (χ0n) is 13.7. The zero-order valence-corrected chi connectivity index (χ0v) is 13.7. The number of aliphatic imine (C=N–C) groups is 1. The molecule has 2 heterocycles. The third kappa shape index (κ3) is 4.73. The second-order valence-electron chi connectivity index (χ2n) is 6.10. The molecule has 3 rings (SSSR count). The summed E-state index contributed by atoms with van der Waals surface area (Å²) in [5, 5.41) is 3.21. The molecule has 0 bridgehead atoms. The quantitative estimate of drug-likeness (QED) is 0.875. The Morgan fingerprint density at radius 1 is 1.26 bits per heavy atom. The number of ether oxygens (including phenoxy) is 2. The minimum absolute atomic E-state index is 0.628. The van der Waals surface area contributed by atoms with Crippen molar-refractivity contribution in [2.24, 2.45) is 10.9 Å². The standard InChI is InChI=1S/C18H25N3O2/c1-22-17-3-2-4-18(11-17)23-14-15-5-9-21(10-6-15)13-16-12-19-7-8-20-16/h2-4,7-8,11,15,19H,5-6,9-10,12-14H2,1H3. The van der Waals surface area contributed by atoms with Crippen molar-refractivity contribution in [2.75, 3.05) is 39.9 Å². The summed E-state index contributed by atoms with van der Waals surface area (Å²) in [7, 11) is 1.68. The molecule has 2 aliphatic rings. The fourth-order valence-electron chi connectivity index (χ4n) is 2.99. The van der Waals surface area contributed by atoms with Gasteiger partial charge in [-0.05, 0) is 44.0 Å². The number of methoxy groups -OCH3 is 1. The van der Waals surface area contributed by atoms with E-state index >= 15 is 0 Å². The van der Waals surface area contributed by atoms with Gasteiger partial charge in [0, 0.05) is 25.0 Å². The lowest BCUT2D eigenvalue weighted by Crippen LogP contribution is -2.40. The van der Waals surface area contributed by atoms with Crippen molar-refractivity contribution in [1.29, 1.82) is 0 Å². The molecule has 0 spiro atoms. The van der Waals surface area contributed by atoms with Crippen molar-refractivity contribution in [3.05, 3.63) is 36.7 Å². The van der Waals surface area contributed by atoms with Crippen molar-refractivity contribution in [2.45, 2.75) is 12.8 Å². The summed E-state index contributed by atoms with van der Waals surface area (Å²) in [6, 6.07) is 7.82. The van der Waals surface area contributed by atoms with Gasteiger partial charge in [0.05, 0.1) is 26.0 Å². The monoisotopic (exact) mass is 315 g/mol. The van der Waals surface area contributed by atoms with Gasteiger partial charge in [-0.1, -0.05) is 6.07 Å². The molecular formula is C18H25N3O2. The van der Waals surface area contributed by atoms with Gasteiger partial charge in [-0.3, -0.25) is 9.89 Å². The number of hydrogen-bond acceptors (Lipinski definition) is 5. The SMILES string of the molecule is COc1cccc(OCC2CCN(CC3=NC=CNC3)CC2)c1. The molecule has 0 saturated carbocycles. The number of rotatable bonds is 6. The van der Waals surface area contributed by atoms with Gasteiger partial charge in [0.1, 0.15) is 11.5 Å². The first-order valence-electron chi connectivity index (χ1n) is 8.26. The van der Waals surface area contributed by atoms with Crippen LogP contribution >= 0.6 is 0 Å². The molecule has 0 radical (unpaired) electrons. The number of likely N-dealkylation sites (tertiary alicyclic amines) is 1. The third-order valence-corrected chi connectivity index (χ3v) is 4.40. The van der Waals surface area contributed by atoms with Crippen molar-refractivity contribution in [3.63, 3.8) is 0 Å². The van der Waals surface area contributed by atoms with Gasteiger partial charge in [0.15, 0.2) is 0 Å². The maximum absolute atomic E-state index is 5.93. The number of nitrogens with zero attached hydrogens (tertiary/aromatic N) is 2. The van der Waals surface area contributed by atoms with Crippen LogP contribution in [-0.4, -0.2) is 50.5 Å². The van der Waals surface area contributed by atoms with Crippen LogP contribution in [0.15, 0.2) is 41.7 Å². The zero-order chi connectivity index (χ0) is 15.9. The molecule has 1 aromatic carbocycles. The van der Waals surface area contributed by atoms with E-state index in [4.69, 9.17) is 9.47 Å². The van der Waals surface area contributed by atoms with Gasteiger partial charge >= 0.3 is 0 Å². The molecule has 0 unspecified atom stereocenters. The summed E-state index contributed by atoms with van der Waals surface area (Å²) in [4.78, 5) is 6.92. The fraction of sp³-hybridized carbons (Fsp3) is 0.500. The maximum atomic E-state index is 5.93. The summed E-state index contributed by atoms with van der Waals surface area (Å²) < 4.78 is 11.2. The van der Waals surface area contributed by atoms with Gasteiger partial charge in [-0.15, -0.1) is 0 Å². The third-order valence-electron chi connectivity index (χ3n) is 4.40. The summed E-state index contributed by atoms with van der Waals surface area (Å²) >= 11 is 0. The predicted octanol–water partition coefficient (Wildman–Crippen LogP) is 2.30. The van der Waals surface area contributed by atoms with Crippen molar-refractivity contribution in [1.82, 2.24) is 10.2 Å². The van der Waals surface area contributed by atoms with E-state index in [1.165, 1.54) is 18.6 Å². The summed E-state index contributed by atoms with van der Waals surface area (Å²) in [5.74, 6) is 2.36. The number of piperidine rings is 1. The van der Waals surface area contributed by atoms with E-state index in [-0.39, 0.29) is 0 Å². The summed E-state index contributed by atoms with van der Waals surface area (Å²) in [5.41, 5.74) is 1.22. The first-order chi connectivity index (χ1) is 11.3. The van der Waals surface area contributed by atoms with Gasteiger partial charge in [0.25, 0.3) is 0 Å². The van der Waals surface area contributed by atoms with Gasteiger partial charge < -0.3 is 14.8 Å². The van der Waals surface area contributed by atoms with Crippen LogP contribution in [0.1, 0.15) is 12.8 Å². The number of nitrogens with one attached hydrogen (secondary N) is 1. The molecule has 1 saturated heterocycles. The number of benzene rings is 1. The van der Waals surface area contributed by atoms with Gasteiger partial charge in [-0.2, -0.15) is 0 Å².